The fraction of sp³-hybridized carbons (Fsp3) is 1.00. The van der Waals surface area contributed by atoms with E-state index in [1.807, 2.05) is 0 Å². The van der Waals surface area contributed by atoms with Gasteiger partial charge in [0.25, 0.3) is 0 Å². The van der Waals surface area contributed by atoms with E-state index in [9.17, 15) is 0 Å². The first kappa shape index (κ1) is 10.0. The molecule has 1 rings (SSSR count). The minimum atomic E-state index is 1.06. The molecule has 0 aromatic rings. The van der Waals surface area contributed by atoms with Crippen LogP contribution < -0.4 is 0 Å². The zero-order chi connectivity index (χ0) is 9.03. The second-order valence-corrected chi connectivity index (χ2v) is 4.91. The van der Waals surface area contributed by atoms with Gasteiger partial charge in [-0.3, -0.25) is 0 Å². The molecule has 0 radical (unpaired) electrons. The van der Waals surface area contributed by atoms with Crippen molar-refractivity contribution in [2.24, 2.45) is 5.92 Å². The maximum absolute atomic E-state index is 2.34. The highest BCUT2D eigenvalue weighted by atomic mass is 15.3. The topological polar surface area (TPSA) is 0 Å². The van der Waals surface area contributed by atoms with Crippen LogP contribution in [0, 0.1) is 5.92 Å². The van der Waals surface area contributed by atoms with Crippen molar-refractivity contribution in [1.82, 2.24) is 0 Å². The van der Waals surface area contributed by atoms with Crippen molar-refractivity contribution in [2.45, 2.75) is 39.0 Å². The number of hydrogen-bond donors (Lipinski definition) is 0. The largest absolute Gasteiger partial charge is 0.329 e. The SMILES string of the molecule is CC[N+](C)(C)CCC1CCCC1. The molecule has 0 amide bonds. The second kappa shape index (κ2) is 4.27. The average molecular weight is 170 g/mol. The van der Waals surface area contributed by atoms with Crippen LogP contribution in [0.15, 0.2) is 0 Å². The Morgan fingerprint density at radius 2 is 1.75 bits per heavy atom. The standard InChI is InChI=1S/C11H24N/c1-4-12(2,3)10-9-11-7-5-6-8-11/h11H,4-10H2,1-3H3/q+1. The maximum atomic E-state index is 2.34. The average Bonchev–Trinajstić information content (AvgIpc) is 2.53. The Labute approximate surface area is 77.4 Å². The highest BCUT2D eigenvalue weighted by Crippen LogP contribution is 2.27. The molecule has 1 nitrogen and oxygen atoms in total. The molecule has 1 heteroatoms. The Morgan fingerprint density at radius 3 is 2.25 bits per heavy atom. The van der Waals surface area contributed by atoms with Crippen molar-refractivity contribution in [3.05, 3.63) is 0 Å². The highest BCUT2D eigenvalue weighted by Gasteiger charge is 2.19. The molecule has 0 bridgehead atoms. The van der Waals surface area contributed by atoms with Gasteiger partial charge in [-0.05, 0) is 19.3 Å². The Morgan fingerprint density at radius 1 is 1.17 bits per heavy atom. The highest BCUT2D eigenvalue weighted by molar-refractivity contribution is 4.66. The monoisotopic (exact) mass is 170 g/mol. The molecule has 12 heavy (non-hydrogen) atoms. The lowest BCUT2D eigenvalue weighted by molar-refractivity contribution is -0.889. The van der Waals surface area contributed by atoms with Crippen LogP contribution in [0.4, 0.5) is 0 Å². The first-order valence-corrected chi connectivity index (χ1v) is 5.46. The molecule has 0 aromatic carbocycles. The van der Waals surface area contributed by atoms with Crippen LogP contribution in [-0.4, -0.2) is 31.7 Å². The molecule has 1 aliphatic rings. The molecule has 0 spiro atoms. The van der Waals surface area contributed by atoms with E-state index >= 15 is 0 Å². The van der Waals surface area contributed by atoms with E-state index < -0.39 is 0 Å². The lowest BCUT2D eigenvalue weighted by Gasteiger charge is -2.29. The summed E-state index contributed by atoms with van der Waals surface area (Å²) in [6.45, 7) is 4.93. The summed E-state index contributed by atoms with van der Waals surface area (Å²) in [5.41, 5.74) is 0. The summed E-state index contributed by atoms with van der Waals surface area (Å²) in [7, 11) is 4.68. The van der Waals surface area contributed by atoms with Gasteiger partial charge in [-0.2, -0.15) is 0 Å². The number of rotatable bonds is 4. The predicted molar refractivity (Wildman–Crippen MR) is 54.1 cm³/mol. The summed E-state index contributed by atoms with van der Waals surface area (Å²) in [5.74, 6) is 1.06. The quantitative estimate of drug-likeness (QED) is 0.569. The van der Waals surface area contributed by atoms with Crippen LogP contribution in [0.3, 0.4) is 0 Å². The van der Waals surface area contributed by atoms with Crippen molar-refractivity contribution >= 4 is 0 Å². The van der Waals surface area contributed by atoms with E-state index in [0.717, 1.165) is 5.92 Å². The van der Waals surface area contributed by atoms with E-state index in [2.05, 4.69) is 21.0 Å². The van der Waals surface area contributed by atoms with Gasteiger partial charge in [0.1, 0.15) is 0 Å². The fourth-order valence-electron chi connectivity index (χ4n) is 1.99. The molecule has 1 saturated carbocycles. The Bertz CT molecular complexity index is 123. The molecular formula is C11H24N+. The van der Waals surface area contributed by atoms with Gasteiger partial charge in [-0.15, -0.1) is 0 Å². The van der Waals surface area contributed by atoms with Crippen LogP contribution in [0.25, 0.3) is 0 Å². The smallest absolute Gasteiger partial charge is 0.0785 e. The summed E-state index contributed by atoms with van der Waals surface area (Å²) >= 11 is 0. The van der Waals surface area contributed by atoms with Gasteiger partial charge < -0.3 is 4.48 Å². The third-order valence-corrected chi connectivity index (χ3v) is 3.47. The molecular weight excluding hydrogens is 146 g/mol. The maximum Gasteiger partial charge on any atom is 0.0785 e. The Balaban J connectivity index is 2.15. The Hall–Kier alpha value is -0.0400. The van der Waals surface area contributed by atoms with Crippen LogP contribution in [0.2, 0.25) is 0 Å². The van der Waals surface area contributed by atoms with Gasteiger partial charge in [0.15, 0.2) is 0 Å². The van der Waals surface area contributed by atoms with Gasteiger partial charge in [0.2, 0.25) is 0 Å². The molecule has 0 unspecified atom stereocenters. The molecule has 0 saturated heterocycles. The first-order valence-electron chi connectivity index (χ1n) is 5.46. The van der Waals surface area contributed by atoms with E-state index in [0.29, 0.717) is 0 Å². The number of nitrogens with zero attached hydrogens (tertiary/aromatic N) is 1. The van der Waals surface area contributed by atoms with Crippen molar-refractivity contribution in [3.8, 4) is 0 Å². The van der Waals surface area contributed by atoms with Gasteiger partial charge >= 0.3 is 0 Å². The van der Waals surface area contributed by atoms with Gasteiger partial charge in [0.05, 0.1) is 27.2 Å². The van der Waals surface area contributed by atoms with E-state index in [-0.39, 0.29) is 0 Å². The summed E-state index contributed by atoms with van der Waals surface area (Å²) in [4.78, 5) is 0. The molecule has 0 N–H and O–H groups in total. The molecule has 1 fully saturated rings. The van der Waals surface area contributed by atoms with Gasteiger partial charge in [0, 0.05) is 0 Å². The molecule has 1 aliphatic carbocycles. The zero-order valence-corrected chi connectivity index (χ0v) is 8.97. The lowest BCUT2D eigenvalue weighted by Crippen LogP contribution is -2.40. The summed E-state index contributed by atoms with van der Waals surface area (Å²) < 4.78 is 1.20. The van der Waals surface area contributed by atoms with Crippen LogP contribution in [0.5, 0.6) is 0 Å². The lowest BCUT2D eigenvalue weighted by atomic mass is 10.0. The Kier molecular flexibility index (Phi) is 3.57. The summed E-state index contributed by atoms with van der Waals surface area (Å²) in [6.07, 6.45) is 7.45. The zero-order valence-electron chi connectivity index (χ0n) is 8.97. The molecule has 0 aliphatic heterocycles. The van der Waals surface area contributed by atoms with Crippen molar-refractivity contribution in [3.63, 3.8) is 0 Å². The predicted octanol–water partition coefficient (Wildman–Crippen LogP) is 2.66. The fourth-order valence-corrected chi connectivity index (χ4v) is 1.99. The third-order valence-electron chi connectivity index (χ3n) is 3.47. The normalized spacial score (nSPS) is 20.2. The van der Waals surface area contributed by atoms with E-state index in [4.69, 9.17) is 0 Å². The van der Waals surface area contributed by atoms with E-state index in [1.165, 1.54) is 49.7 Å². The van der Waals surface area contributed by atoms with E-state index in [1.54, 1.807) is 0 Å². The number of hydrogen-bond acceptors (Lipinski definition) is 0. The minimum absolute atomic E-state index is 1.06. The minimum Gasteiger partial charge on any atom is -0.329 e. The molecule has 0 atom stereocenters. The van der Waals surface area contributed by atoms with Crippen LogP contribution in [0.1, 0.15) is 39.0 Å². The number of quaternary nitrogens is 1. The van der Waals surface area contributed by atoms with Crippen molar-refractivity contribution in [2.75, 3.05) is 27.2 Å². The molecule has 0 heterocycles. The summed E-state index contributed by atoms with van der Waals surface area (Å²) in [6, 6.07) is 0. The van der Waals surface area contributed by atoms with Gasteiger partial charge in [-0.1, -0.05) is 25.7 Å². The van der Waals surface area contributed by atoms with Crippen molar-refractivity contribution in [1.29, 1.82) is 0 Å². The molecule has 72 valence electrons. The third kappa shape index (κ3) is 3.14. The first-order chi connectivity index (χ1) is 5.64. The second-order valence-electron chi connectivity index (χ2n) is 4.91. The van der Waals surface area contributed by atoms with Crippen LogP contribution in [-0.2, 0) is 0 Å². The van der Waals surface area contributed by atoms with Crippen LogP contribution >= 0.6 is 0 Å². The van der Waals surface area contributed by atoms with Gasteiger partial charge in [-0.25, -0.2) is 0 Å². The summed E-state index contributed by atoms with van der Waals surface area (Å²) in [5, 5.41) is 0. The molecule has 0 aromatic heterocycles. The van der Waals surface area contributed by atoms with Crippen molar-refractivity contribution < 1.29 is 4.48 Å².